The van der Waals surface area contributed by atoms with Crippen LogP contribution in [0.1, 0.15) is 24.9 Å². The number of carbonyl (C=O) groups excluding carboxylic acids is 1. The Balaban J connectivity index is 2.12. The average Bonchev–Trinajstić information content (AvgIpc) is 2.55. The molecule has 0 heterocycles. The summed E-state index contributed by atoms with van der Waals surface area (Å²) in [5, 5.41) is 5.50. The molecular formula is C17H17BrF2N2O2. The van der Waals surface area contributed by atoms with Gasteiger partial charge in [0.2, 0.25) is 0 Å². The standard InChI is InChI=1S/C17H17BrF2N2O2/c1-2-13(11-7-3-6-10-15(11)24-16(19)20)21-17(23)22-14-9-5-4-8-12(14)18/h3-10,13,16H,2H2,1H3,(H2,21,22,23). The highest BCUT2D eigenvalue weighted by Gasteiger charge is 2.19. The second-order valence-corrected chi connectivity index (χ2v) is 5.81. The van der Waals surface area contributed by atoms with Crippen molar-refractivity contribution in [3.63, 3.8) is 0 Å². The lowest BCUT2D eigenvalue weighted by atomic mass is 10.0. The molecule has 2 rings (SSSR count). The van der Waals surface area contributed by atoms with Crippen LogP contribution in [0, 0.1) is 0 Å². The maximum absolute atomic E-state index is 12.5. The zero-order valence-electron chi connectivity index (χ0n) is 12.9. The van der Waals surface area contributed by atoms with Crippen LogP contribution >= 0.6 is 15.9 Å². The fourth-order valence-electron chi connectivity index (χ4n) is 2.25. The van der Waals surface area contributed by atoms with Crippen molar-refractivity contribution in [3.05, 3.63) is 58.6 Å². The van der Waals surface area contributed by atoms with Gasteiger partial charge in [-0.2, -0.15) is 8.78 Å². The number of hydrogen-bond acceptors (Lipinski definition) is 2. The van der Waals surface area contributed by atoms with E-state index in [1.54, 1.807) is 36.4 Å². The third kappa shape index (κ3) is 4.92. The highest BCUT2D eigenvalue weighted by atomic mass is 79.9. The molecule has 4 nitrogen and oxygen atoms in total. The highest BCUT2D eigenvalue weighted by molar-refractivity contribution is 9.10. The van der Waals surface area contributed by atoms with E-state index in [-0.39, 0.29) is 5.75 Å². The third-order valence-corrected chi connectivity index (χ3v) is 4.04. The summed E-state index contributed by atoms with van der Waals surface area (Å²) in [6.07, 6.45) is 0.521. The number of alkyl halides is 2. The number of rotatable bonds is 6. The van der Waals surface area contributed by atoms with Gasteiger partial charge < -0.3 is 15.4 Å². The van der Waals surface area contributed by atoms with Crippen molar-refractivity contribution in [3.8, 4) is 5.75 Å². The van der Waals surface area contributed by atoms with Gasteiger partial charge in [-0.15, -0.1) is 0 Å². The lowest BCUT2D eigenvalue weighted by molar-refractivity contribution is -0.0506. The molecule has 2 N–H and O–H groups in total. The Morgan fingerprint density at radius 3 is 2.50 bits per heavy atom. The number of benzene rings is 2. The minimum Gasteiger partial charge on any atom is -0.434 e. The van der Waals surface area contributed by atoms with Crippen molar-refractivity contribution >= 4 is 27.6 Å². The zero-order valence-corrected chi connectivity index (χ0v) is 14.5. The number of ether oxygens (including phenoxy) is 1. The molecule has 0 radical (unpaired) electrons. The van der Waals surface area contributed by atoms with E-state index in [0.29, 0.717) is 17.7 Å². The largest absolute Gasteiger partial charge is 0.434 e. The second-order valence-electron chi connectivity index (χ2n) is 4.96. The fraction of sp³-hybridized carbons (Fsp3) is 0.235. The molecule has 24 heavy (non-hydrogen) atoms. The van der Waals surface area contributed by atoms with Gasteiger partial charge >= 0.3 is 12.6 Å². The minimum atomic E-state index is -2.92. The zero-order chi connectivity index (χ0) is 17.5. The van der Waals surface area contributed by atoms with E-state index < -0.39 is 18.7 Å². The average molecular weight is 399 g/mol. The van der Waals surface area contributed by atoms with E-state index in [4.69, 9.17) is 0 Å². The smallest absolute Gasteiger partial charge is 0.387 e. The third-order valence-electron chi connectivity index (χ3n) is 3.35. The van der Waals surface area contributed by atoms with Gasteiger partial charge in [-0.3, -0.25) is 0 Å². The molecule has 0 saturated carbocycles. The number of anilines is 1. The molecule has 0 bridgehead atoms. The number of hydrogen-bond donors (Lipinski definition) is 2. The van der Waals surface area contributed by atoms with Crippen molar-refractivity contribution in [2.24, 2.45) is 0 Å². The Kier molecular flexibility index (Phi) is 6.54. The van der Waals surface area contributed by atoms with E-state index in [0.717, 1.165) is 4.47 Å². The summed E-state index contributed by atoms with van der Waals surface area (Å²) in [7, 11) is 0. The van der Waals surface area contributed by atoms with Gasteiger partial charge in [-0.05, 0) is 40.5 Å². The molecule has 0 fully saturated rings. The normalized spacial score (nSPS) is 11.9. The highest BCUT2D eigenvalue weighted by Crippen LogP contribution is 2.28. The molecule has 1 unspecified atom stereocenters. The number of carbonyl (C=O) groups is 1. The van der Waals surface area contributed by atoms with Crippen molar-refractivity contribution < 1.29 is 18.3 Å². The Bertz CT molecular complexity index is 698. The quantitative estimate of drug-likeness (QED) is 0.691. The van der Waals surface area contributed by atoms with Gasteiger partial charge in [-0.25, -0.2) is 4.79 Å². The molecule has 0 spiro atoms. The fourth-order valence-corrected chi connectivity index (χ4v) is 2.63. The first-order valence-electron chi connectivity index (χ1n) is 7.37. The molecule has 1 atom stereocenters. The molecule has 2 aromatic rings. The van der Waals surface area contributed by atoms with Crippen LogP contribution in [0.2, 0.25) is 0 Å². The molecule has 0 aliphatic carbocycles. The summed E-state index contributed by atoms with van der Waals surface area (Å²) in [5.41, 5.74) is 1.12. The lowest BCUT2D eigenvalue weighted by Gasteiger charge is -2.21. The Labute approximate surface area is 147 Å². The van der Waals surface area contributed by atoms with Crippen molar-refractivity contribution in [2.45, 2.75) is 26.0 Å². The summed E-state index contributed by atoms with van der Waals surface area (Å²) in [5.74, 6) is 0.0561. The summed E-state index contributed by atoms with van der Waals surface area (Å²) < 4.78 is 30.4. The molecule has 0 aromatic heterocycles. The molecule has 128 valence electrons. The predicted molar refractivity (Wildman–Crippen MR) is 92.4 cm³/mol. The van der Waals surface area contributed by atoms with E-state index in [2.05, 4.69) is 31.3 Å². The van der Waals surface area contributed by atoms with Crippen LogP contribution in [-0.2, 0) is 0 Å². The van der Waals surface area contributed by atoms with Crippen LogP contribution in [0.5, 0.6) is 5.75 Å². The van der Waals surface area contributed by atoms with Crippen LogP contribution in [0.25, 0.3) is 0 Å². The van der Waals surface area contributed by atoms with Crippen LogP contribution in [0.3, 0.4) is 0 Å². The number of nitrogens with one attached hydrogen (secondary N) is 2. The van der Waals surface area contributed by atoms with E-state index in [1.807, 2.05) is 13.0 Å². The summed E-state index contributed by atoms with van der Waals surface area (Å²) in [4.78, 5) is 12.2. The van der Waals surface area contributed by atoms with E-state index in [1.165, 1.54) is 6.07 Å². The first kappa shape index (κ1) is 18.2. The first-order chi connectivity index (χ1) is 11.5. The lowest BCUT2D eigenvalue weighted by Crippen LogP contribution is -2.32. The van der Waals surface area contributed by atoms with Crippen LogP contribution in [0.15, 0.2) is 53.0 Å². The van der Waals surface area contributed by atoms with Gasteiger partial charge in [0.1, 0.15) is 5.75 Å². The van der Waals surface area contributed by atoms with E-state index >= 15 is 0 Å². The molecule has 2 aromatic carbocycles. The van der Waals surface area contributed by atoms with Gasteiger partial charge in [0, 0.05) is 10.0 Å². The molecule has 0 aliphatic heterocycles. The van der Waals surface area contributed by atoms with Gasteiger partial charge in [0.15, 0.2) is 0 Å². The molecule has 7 heteroatoms. The number of halogens is 3. The second kappa shape index (κ2) is 8.63. The monoisotopic (exact) mass is 398 g/mol. The van der Waals surface area contributed by atoms with Gasteiger partial charge in [-0.1, -0.05) is 37.3 Å². The Morgan fingerprint density at radius 2 is 1.83 bits per heavy atom. The number of para-hydroxylation sites is 2. The van der Waals surface area contributed by atoms with Gasteiger partial charge in [0.05, 0.1) is 11.7 Å². The summed E-state index contributed by atoms with van der Waals surface area (Å²) in [6, 6.07) is 12.7. The predicted octanol–water partition coefficient (Wildman–Crippen LogP) is 5.32. The summed E-state index contributed by atoms with van der Waals surface area (Å²) >= 11 is 3.35. The minimum absolute atomic E-state index is 0.0561. The number of urea groups is 1. The molecule has 2 amide bonds. The summed E-state index contributed by atoms with van der Waals surface area (Å²) in [6.45, 7) is -1.07. The Morgan fingerprint density at radius 1 is 1.17 bits per heavy atom. The van der Waals surface area contributed by atoms with Crippen LogP contribution < -0.4 is 15.4 Å². The van der Waals surface area contributed by atoms with Crippen molar-refractivity contribution in [2.75, 3.05) is 5.32 Å². The number of amides is 2. The van der Waals surface area contributed by atoms with Crippen LogP contribution in [-0.4, -0.2) is 12.6 Å². The first-order valence-corrected chi connectivity index (χ1v) is 8.16. The van der Waals surface area contributed by atoms with Gasteiger partial charge in [0.25, 0.3) is 0 Å². The molecular weight excluding hydrogens is 382 g/mol. The topological polar surface area (TPSA) is 50.4 Å². The van der Waals surface area contributed by atoms with E-state index in [9.17, 15) is 13.6 Å². The maximum Gasteiger partial charge on any atom is 0.387 e. The Hall–Kier alpha value is -2.15. The SMILES string of the molecule is CCC(NC(=O)Nc1ccccc1Br)c1ccccc1OC(F)F. The maximum atomic E-state index is 12.5. The molecule has 0 aliphatic rings. The van der Waals surface area contributed by atoms with Crippen LogP contribution in [0.4, 0.5) is 19.3 Å². The van der Waals surface area contributed by atoms with Crippen molar-refractivity contribution in [1.82, 2.24) is 5.32 Å². The molecule has 0 saturated heterocycles. The van der Waals surface area contributed by atoms with Crippen molar-refractivity contribution in [1.29, 1.82) is 0 Å².